The number of carboxylic acids is 2. The number of aromatic carboxylic acids is 1. The van der Waals surface area contributed by atoms with E-state index >= 15 is 0 Å². The first-order valence-corrected chi connectivity index (χ1v) is 14.6. The van der Waals surface area contributed by atoms with Crippen LogP contribution in [0.5, 0.6) is 5.75 Å². The number of benzene rings is 2. The molecule has 1 aliphatic carbocycles. The molecule has 0 heterocycles. The number of nitrogens with one attached hydrogen (secondary N) is 1. The second-order valence-electron chi connectivity index (χ2n) is 9.57. The van der Waals surface area contributed by atoms with Gasteiger partial charge in [-0.25, -0.2) is 4.79 Å². The minimum Gasteiger partial charge on any atom is -0.493 e. The number of aliphatic carboxylic acids is 1. The van der Waals surface area contributed by atoms with Crippen LogP contribution in [0.3, 0.4) is 0 Å². The molecular formula is C28H40N2O5Si. The molecule has 8 heteroatoms. The summed E-state index contributed by atoms with van der Waals surface area (Å²) in [7, 11) is 1.23. The highest BCUT2D eigenvalue weighted by Crippen LogP contribution is 2.32. The van der Waals surface area contributed by atoms with Crippen molar-refractivity contribution in [1.29, 1.82) is 0 Å². The summed E-state index contributed by atoms with van der Waals surface area (Å²) >= 11 is 0. The van der Waals surface area contributed by atoms with E-state index in [1.165, 1.54) is 27.4 Å². The van der Waals surface area contributed by atoms with Crippen molar-refractivity contribution in [1.82, 2.24) is 10.2 Å². The Kier molecular flexibility index (Phi) is 11.4. The van der Waals surface area contributed by atoms with Gasteiger partial charge in [0.2, 0.25) is 0 Å². The lowest BCUT2D eigenvalue weighted by molar-refractivity contribution is -0.137. The van der Waals surface area contributed by atoms with Crippen LogP contribution in [0, 0.1) is 0 Å². The molecule has 0 saturated carbocycles. The van der Waals surface area contributed by atoms with Gasteiger partial charge in [-0.3, -0.25) is 9.69 Å². The van der Waals surface area contributed by atoms with Gasteiger partial charge in [0.1, 0.15) is 5.75 Å². The molecule has 0 amide bonds. The van der Waals surface area contributed by atoms with Crippen LogP contribution in [-0.4, -0.2) is 69.6 Å². The maximum atomic E-state index is 11.2. The SMILES string of the molecule is O=C(O)CCCCN(Cc1ccc(C(=O)O)cc1)C1CCc2cccc(OCCCNCC[SiH3])c2C1. The molecule has 1 unspecified atom stereocenters. The van der Waals surface area contributed by atoms with Crippen LogP contribution in [-0.2, 0) is 24.2 Å². The normalized spacial score (nSPS) is 15.1. The number of ether oxygens (including phenoxy) is 1. The Morgan fingerprint density at radius 1 is 1.06 bits per heavy atom. The predicted molar refractivity (Wildman–Crippen MR) is 145 cm³/mol. The van der Waals surface area contributed by atoms with Crippen molar-refractivity contribution < 1.29 is 24.5 Å². The van der Waals surface area contributed by atoms with Gasteiger partial charge in [0.25, 0.3) is 0 Å². The molecule has 0 bridgehead atoms. The molecule has 0 radical (unpaired) electrons. The van der Waals surface area contributed by atoms with Crippen molar-refractivity contribution >= 4 is 22.2 Å². The fourth-order valence-corrected chi connectivity index (χ4v) is 5.19. The molecule has 3 N–H and O–H groups in total. The van der Waals surface area contributed by atoms with Crippen LogP contribution in [0.2, 0.25) is 6.04 Å². The number of fused-ring (bicyclic) bond motifs is 1. The number of unbranched alkanes of at least 4 members (excludes halogenated alkanes) is 1. The molecule has 0 aliphatic heterocycles. The standard InChI is InChI=1S/C28H40N2O5Si/c31-27(32)7-1-2-16-30(20-21-8-10-23(11-9-21)28(33)34)24-13-12-22-5-3-6-26(25(22)19-24)35-17-4-14-29-15-18-36/h3,5-6,8-11,24,29H,1-2,4,7,12-20H2,36H3,(H,31,32)(H,33,34). The smallest absolute Gasteiger partial charge is 0.335 e. The Morgan fingerprint density at radius 3 is 2.58 bits per heavy atom. The van der Waals surface area contributed by atoms with Crippen LogP contribution < -0.4 is 10.1 Å². The highest BCUT2D eigenvalue weighted by molar-refractivity contribution is 6.08. The van der Waals surface area contributed by atoms with E-state index in [9.17, 15) is 14.7 Å². The van der Waals surface area contributed by atoms with Crippen LogP contribution >= 0.6 is 0 Å². The Hall–Kier alpha value is -2.68. The van der Waals surface area contributed by atoms with Gasteiger partial charge in [0.15, 0.2) is 0 Å². The average Bonchev–Trinajstić information content (AvgIpc) is 2.88. The number of aryl methyl sites for hydroxylation is 1. The molecule has 1 atom stereocenters. The molecule has 0 saturated heterocycles. The molecule has 0 fully saturated rings. The molecule has 0 aromatic heterocycles. The minimum absolute atomic E-state index is 0.182. The summed E-state index contributed by atoms with van der Waals surface area (Å²) in [4.78, 5) is 24.6. The Balaban J connectivity index is 1.68. The molecule has 1 aliphatic rings. The Labute approximate surface area is 217 Å². The van der Waals surface area contributed by atoms with E-state index in [0.29, 0.717) is 25.6 Å². The van der Waals surface area contributed by atoms with Crippen molar-refractivity contribution in [2.75, 3.05) is 26.2 Å². The summed E-state index contributed by atoms with van der Waals surface area (Å²) in [5, 5.41) is 21.7. The van der Waals surface area contributed by atoms with Gasteiger partial charge >= 0.3 is 11.9 Å². The third-order valence-corrected chi connectivity index (χ3v) is 7.29. The number of nitrogens with zero attached hydrogens (tertiary/aromatic N) is 1. The third kappa shape index (κ3) is 8.76. The molecule has 196 valence electrons. The minimum atomic E-state index is -0.925. The zero-order chi connectivity index (χ0) is 25.8. The van der Waals surface area contributed by atoms with Crippen molar-refractivity contribution in [2.24, 2.45) is 0 Å². The second kappa shape index (κ2) is 14.8. The quantitative estimate of drug-likeness (QED) is 0.235. The maximum Gasteiger partial charge on any atom is 0.335 e. The summed E-state index contributed by atoms with van der Waals surface area (Å²) in [6.45, 7) is 4.29. The van der Waals surface area contributed by atoms with E-state index in [4.69, 9.17) is 9.84 Å². The lowest BCUT2D eigenvalue weighted by atomic mass is 9.86. The van der Waals surface area contributed by atoms with Gasteiger partial charge in [-0.15, -0.1) is 0 Å². The molecule has 36 heavy (non-hydrogen) atoms. The van der Waals surface area contributed by atoms with Gasteiger partial charge in [-0.1, -0.05) is 30.3 Å². The molecule has 0 spiro atoms. The molecule has 3 rings (SSSR count). The summed E-state index contributed by atoms with van der Waals surface area (Å²) in [6.07, 6.45) is 5.55. The number of carboxylic acid groups (broad SMARTS) is 2. The van der Waals surface area contributed by atoms with E-state index in [1.807, 2.05) is 12.1 Å². The van der Waals surface area contributed by atoms with Crippen molar-refractivity contribution in [2.45, 2.75) is 63.6 Å². The second-order valence-corrected chi connectivity index (χ2v) is 10.6. The van der Waals surface area contributed by atoms with Gasteiger partial charge in [-0.2, -0.15) is 0 Å². The van der Waals surface area contributed by atoms with E-state index in [2.05, 4.69) is 28.4 Å². The fraction of sp³-hybridized carbons (Fsp3) is 0.500. The largest absolute Gasteiger partial charge is 0.493 e. The van der Waals surface area contributed by atoms with Gasteiger partial charge in [0, 0.05) is 29.2 Å². The predicted octanol–water partition coefficient (Wildman–Crippen LogP) is 3.14. The lowest BCUT2D eigenvalue weighted by Crippen LogP contribution is -2.39. The number of rotatable bonds is 16. The number of hydrogen-bond donors (Lipinski definition) is 3. The van der Waals surface area contributed by atoms with Crippen molar-refractivity contribution in [3.8, 4) is 5.75 Å². The topological polar surface area (TPSA) is 99.1 Å². The average molecular weight is 513 g/mol. The van der Waals surface area contributed by atoms with Gasteiger partial charge < -0.3 is 20.3 Å². The molecule has 2 aromatic carbocycles. The molecule has 7 nitrogen and oxygen atoms in total. The third-order valence-electron chi connectivity index (χ3n) is 6.79. The first-order chi connectivity index (χ1) is 17.5. The van der Waals surface area contributed by atoms with Crippen molar-refractivity contribution in [3.63, 3.8) is 0 Å². The zero-order valence-electron chi connectivity index (χ0n) is 21.4. The Bertz CT molecular complexity index is 982. The molecule has 2 aromatic rings. The van der Waals surface area contributed by atoms with Crippen LogP contribution in [0.4, 0.5) is 0 Å². The van der Waals surface area contributed by atoms with E-state index < -0.39 is 11.9 Å². The summed E-state index contributed by atoms with van der Waals surface area (Å²) < 4.78 is 6.22. The monoisotopic (exact) mass is 512 g/mol. The van der Waals surface area contributed by atoms with Crippen LogP contribution in [0.15, 0.2) is 42.5 Å². The fourth-order valence-electron chi connectivity index (χ4n) is 4.83. The van der Waals surface area contributed by atoms with E-state index in [1.54, 1.807) is 12.1 Å². The summed E-state index contributed by atoms with van der Waals surface area (Å²) in [5.74, 6) is -0.700. The summed E-state index contributed by atoms with van der Waals surface area (Å²) in [6, 6.07) is 15.0. The first-order valence-electron chi connectivity index (χ1n) is 13.2. The highest BCUT2D eigenvalue weighted by Gasteiger charge is 2.26. The molecular weight excluding hydrogens is 472 g/mol. The van der Waals surface area contributed by atoms with Gasteiger partial charge in [0.05, 0.1) is 12.2 Å². The lowest BCUT2D eigenvalue weighted by Gasteiger charge is -2.36. The van der Waals surface area contributed by atoms with Crippen LogP contribution in [0.25, 0.3) is 0 Å². The number of carbonyl (C=O) groups is 2. The maximum absolute atomic E-state index is 11.2. The number of hydrogen-bond acceptors (Lipinski definition) is 5. The zero-order valence-corrected chi connectivity index (χ0v) is 23.4. The Morgan fingerprint density at radius 2 is 1.86 bits per heavy atom. The van der Waals surface area contributed by atoms with Gasteiger partial charge in [-0.05, 0) is 93.0 Å². The van der Waals surface area contributed by atoms with E-state index in [0.717, 1.165) is 63.1 Å². The highest BCUT2D eigenvalue weighted by atomic mass is 28.1. The summed E-state index contributed by atoms with van der Waals surface area (Å²) in [5.41, 5.74) is 4.00. The van der Waals surface area contributed by atoms with E-state index in [-0.39, 0.29) is 12.0 Å². The van der Waals surface area contributed by atoms with Crippen molar-refractivity contribution in [3.05, 3.63) is 64.7 Å². The van der Waals surface area contributed by atoms with Crippen LogP contribution in [0.1, 0.15) is 59.2 Å². The first kappa shape index (κ1) is 27.9.